The summed E-state index contributed by atoms with van der Waals surface area (Å²) in [6.07, 6.45) is 4.12. The lowest BCUT2D eigenvalue weighted by atomic mass is 10.0. The Morgan fingerprint density at radius 1 is 1.34 bits per heavy atom. The number of hydrogen-bond donors (Lipinski definition) is 2. The van der Waals surface area contributed by atoms with Gasteiger partial charge in [0.25, 0.3) is 0 Å². The van der Waals surface area contributed by atoms with Crippen LogP contribution in [-0.4, -0.2) is 21.6 Å². The largest absolute Gasteiger partial charge is 0.380 e. The van der Waals surface area contributed by atoms with Gasteiger partial charge >= 0.3 is 0 Å². The van der Waals surface area contributed by atoms with Crippen molar-refractivity contribution in [2.24, 2.45) is 7.05 Å². The fraction of sp³-hybridized carbons (Fsp3) is 0.227. The molecule has 0 radical (unpaired) electrons. The number of nitrogens with zero attached hydrogens (tertiary/aromatic N) is 3. The van der Waals surface area contributed by atoms with E-state index in [1.165, 1.54) is 12.1 Å². The molecule has 0 saturated heterocycles. The topological polar surface area (TPSA) is 82.7 Å². The maximum Gasteiger partial charge on any atom is 0.147 e. The fourth-order valence-electron chi connectivity index (χ4n) is 3.65. The monoisotopic (exact) mass is 389 g/mol. The number of fused-ring (bicyclic) bond motifs is 1. The Morgan fingerprint density at radius 2 is 2.17 bits per heavy atom. The first kappa shape index (κ1) is 18.7. The van der Waals surface area contributed by atoms with Gasteiger partial charge in [0.2, 0.25) is 0 Å². The standard InChI is InChI=1S/C22H20FN5O/c1-13-6-17(29)7-14-4-3-5-20(22(14)26-13)27-21-8-15(10-24)18(9-19(21)23)16-11-25-28(2)12-16/h3-5,8-9,11-13,26-27H,6-7H2,1-2H3/t13-/m1/s1. The second-order valence-corrected chi connectivity index (χ2v) is 7.32. The van der Waals surface area contributed by atoms with E-state index < -0.39 is 5.82 Å². The molecule has 1 atom stereocenters. The summed E-state index contributed by atoms with van der Waals surface area (Å²) in [4.78, 5) is 12.1. The van der Waals surface area contributed by atoms with Crippen molar-refractivity contribution in [3.8, 4) is 17.2 Å². The van der Waals surface area contributed by atoms with Crippen molar-refractivity contribution < 1.29 is 9.18 Å². The van der Waals surface area contributed by atoms with Gasteiger partial charge in [-0.05, 0) is 30.7 Å². The van der Waals surface area contributed by atoms with Gasteiger partial charge in [0.1, 0.15) is 11.6 Å². The van der Waals surface area contributed by atoms with Crippen LogP contribution in [0.1, 0.15) is 24.5 Å². The summed E-state index contributed by atoms with van der Waals surface area (Å²) in [7, 11) is 1.77. The molecular weight excluding hydrogens is 369 g/mol. The van der Waals surface area contributed by atoms with Gasteiger partial charge in [0, 0.05) is 43.3 Å². The van der Waals surface area contributed by atoms with Crippen LogP contribution in [0.15, 0.2) is 42.7 Å². The van der Waals surface area contributed by atoms with Gasteiger partial charge in [-0.3, -0.25) is 9.48 Å². The summed E-state index contributed by atoms with van der Waals surface area (Å²) in [6.45, 7) is 1.95. The molecule has 1 aliphatic heterocycles. The van der Waals surface area contributed by atoms with Gasteiger partial charge in [0.05, 0.1) is 34.9 Å². The molecule has 6 nitrogen and oxygen atoms in total. The van der Waals surface area contributed by atoms with Crippen LogP contribution >= 0.6 is 0 Å². The molecule has 0 amide bonds. The summed E-state index contributed by atoms with van der Waals surface area (Å²) >= 11 is 0. The molecule has 3 aromatic rings. The Bertz CT molecular complexity index is 1140. The van der Waals surface area contributed by atoms with Crippen LogP contribution in [0.5, 0.6) is 0 Å². The third kappa shape index (κ3) is 3.69. The van der Waals surface area contributed by atoms with E-state index in [4.69, 9.17) is 0 Å². The molecule has 0 aliphatic carbocycles. The first-order chi connectivity index (χ1) is 13.9. The van der Waals surface area contributed by atoms with Crippen LogP contribution in [0.3, 0.4) is 0 Å². The van der Waals surface area contributed by atoms with E-state index >= 15 is 0 Å². The molecule has 0 unspecified atom stereocenters. The number of para-hydroxylation sites is 1. The van der Waals surface area contributed by atoms with Crippen molar-refractivity contribution in [3.05, 3.63) is 59.7 Å². The lowest BCUT2D eigenvalue weighted by molar-refractivity contribution is -0.118. The van der Waals surface area contributed by atoms with Crippen LogP contribution in [0.4, 0.5) is 21.5 Å². The van der Waals surface area contributed by atoms with Gasteiger partial charge in [-0.1, -0.05) is 12.1 Å². The zero-order chi connectivity index (χ0) is 20.5. The average molecular weight is 389 g/mol. The van der Waals surface area contributed by atoms with E-state index in [1.54, 1.807) is 24.1 Å². The van der Waals surface area contributed by atoms with Crippen LogP contribution in [0.25, 0.3) is 11.1 Å². The van der Waals surface area contributed by atoms with Gasteiger partial charge in [-0.2, -0.15) is 10.4 Å². The highest BCUT2D eigenvalue weighted by Gasteiger charge is 2.21. The number of hydrogen-bond acceptors (Lipinski definition) is 5. The molecule has 2 N–H and O–H groups in total. The molecule has 2 heterocycles. The molecule has 1 aliphatic rings. The summed E-state index contributed by atoms with van der Waals surface area (Å²) in [6, 6.07) is 10.5. The molecule has 146 valence electrons. The van der Waals surface area contributed by atoms with Crippen molar-refractivity contribution in [1.82, 2.24) is 9.78 Å². The molecule has 0 saturated carbocycles. The summed E-state index contributed by atoms with van der Waals surface area (Å²) in [5, 5.41) is 20.1. The molecule has 29 heavy (non-hydrogen) atoms. The van der Waals surface area contributed by atoms with Gasteiger partial charge in [-0.25, -0.2) is 4.39 Å². The zero-order valence-electron chi connectivity index (χ0n) is 16.2. The summed E-state index contributed by atoms with van der Waals surface area (Å²) in [5.74, 6) is -0.308. The minimum absolute atomic E-state index is 0.0147. The van der Waals surface area contributed by atoms with E-state index in [0.717, 1.165) is 11.3 Å². The summed E-state index contributed by atoms with van der Waals surface area (Å²) < 4.78 is 16.5. The number of carbonyl (C=O) groups excluding carboxylic acids is 1. The number of rotatable bonds is 3. The Morgan fingerprint density at radius 3 is 2.90 bits per heavy atom. The minimum atomic E-state index is -0.474. The predicted molar refractivity (Wildman–Crippen MR) is 109 cm³/mol. The number of ketones is 1. The summed E-state index contributed by atoms with van der Waals surface area (Å²) in [5.41, 5.74) is 4.05. The predicted octanol–water partition coefficient (Wildman–Crippen LogP) is 4.16. The third-order valence-corrected chi connectivity index (χ3v) is 4.98. The Kier molecular flexibility index (Phi) is 4.77. The van der Waals surface area contributed by atoms with E-state index in [9.17, 15) is 14.4 Å². The van der Waals surface area contributed by atoms with Crippen LogP contribution in [0.2, 0.25) is 0 Å². The van der Waals surface area contributed by atoms with Crippen molar-refractivity contribution in [2.45, 2.75) is 25.8 Å². The van der Waals surface area contributed by atoms with Gasteiger partial charge in [0.15, 0.2) is 0 Å². The SMILES string of the molecule is C[C@@H]1CC(=O)Cc2cccc(Nc3cc(C#N)c(-c4cnn(C)c4)cc3F)c2N1. The van der Waals surface area contributed by atoms with E-state index in [0.29, 0.717) is 35.2 Å². The number of benzene rings is 2. The highest BCUT2D eigenvalue weighted by Crippen LogP contribution is 2.35. The Balaban J connectivity index is 1.74. The lowest BCUT2D eigenvalue weighted by Crippen LogP contribution is -2.17. The normalized spacial score (nSPS) is 15.8. The average Bonchev–Trinajstić information content (AvgIpc) is 3.04. The molecule has 1 aromatic heterocycles. The second-order valence-electron chi connectivity index (χ2n) is 7.32. The molecule has 7 heteroatoms. The van der Waals surface area contributed by atoms with Crippen molar-refractivity contribution in [3.63, 3.8) is 0 Å². The fourth-order valence-corrected chi connectivity index (χ4v) is 3.65. The smallest absolute Gasteiger partial charge is 0.147 e. The number of anilines is 3. The number of nitriles is 1. The maximum atomic E-state index is 14.9. The molecule has 2 aromatic carbocycles. The Labute approximate surface area is 168 Å². The number of nitrogens with one attached hydrogen (secondary N) is 2. The van der Waals surface area contributed by atoms with Crippen LogP contribution < -0.4 is 10.6 Å². The molecule has 0 spiro atoms. The Hall–Kier alpha value is -3.66. The number of carbonyl (C=O) groups is 1. The molecular formula is C22H20FN5O. The second kappa shape index (κ2) is 7.40. The number of aromatic nitrogens is 2. The molecule has 4 rings (SSSR count). The quantitative estimate of drug-likeness (QED) is 0.703. The lowest BCUT2D eigenvalue weighted by Gasteiger charge is -2.19. The number of halogens is 1. The first-order valence-electron chi connectivity index (χ1n) is 9.34. The zero-order valence-corrected chi connectivity index (χ0v) is 16.2. The number of aryl methyl sites for hydroxylation is 1. The van der Waals surface area contributed by atoms with E-state index in [-0.39, 0.29) is 17.5 Å². The minimum Gasteiger partial charge on any atom is -0.380 e. The molecule has 0 fully saturated rings. The van der Waals surface area contributed by atoms with E-state index in [2.05, 4.69) is 21.8 Å². The van der Waals surface area contributed by atoms with E-state index in [1.807, 2.05) is 25.1 Å². The highest BCUT2D eigenvalue weighted by molar-refractivity contribution is 5.89. The first-order valence-corrected chi connectivity index (χ1v) is 9.34. The van der Waals surface area contributed by atoms with Gasteiger partial charge in [-0.15, -0.1) is 0 Å². The van der Waals surface area contributed by atoms with Crippen molar-refractivity contribution in [2.75, 3.05) is 10.6 Å². The highest BCUT2D eigenvalue weighted by atomic mass is 19.1. The maximum absolute atomic E-state index is 14.9. The number of Topliss-reactive ketones (excluding diaryl/α,β-unsaturated/α-hetero) is 1. The van der Waals surface area contributed by atoms with Crippen LogP contribution in [-0.2, 0) is 18.3 Å². The van der Waals surface area contributed by atoms with Crippen LogP contribution in [0, 0.1) is 17.1 Å². The third-order valence-electron chi connectivity index (χ3n) is 4.98. The van der Waals surface area contributed by atoms with Crippen molar-refractivity contribution >= 4 is 22.8 Å². The molecule has 0 bridgehead atoms. The van der Waals surface area contributed by atoms with Gasteiger partial charge < -0.3 is 10.6 Å². The van der Waals surface area contributed by atoms with Crippen molar-refractivity contribution in [1.29, 1.82) is 5.26 Å².